The average molecular weight is 340 g/mol. The van der Waals surface area contributed by atoms with Gasteiger partial charge in [0.2, 0.25) is 11.8 Å². The van der Waals surface area contributed by atoms with Crippen molar-refractivity contribution in [3.05, 3.63) is 65.5 Å². The molecule has 0 saturated carbocycles. The Hall–Kier alpha value is -2.69. The lowest BCUT2D eigenvalue weighted by Crippen LogP contribution is -2.32. The molecule has 130 valence electrons. The van der Waals surface area contributed by atoms with Crippen LogP contribution < -0.4 is 5.32 Å². The van der Waals surface area contributed by atoms with E-state index < -0.39 is 0 Å². The second-order valence-electron chi connectivity index (χ2n) is 6.43. The highest BCUT2D eigenvalue weighted by molar-refractivity contribution is 5.96. The van der Waals surface area contributed by atoms with Crippen molar-refractivity contribution < 1.29 is 14.0 Å². The van der Waals surface area contributed by atoms with Crippen molar-refractivity contribution in [3.63, 3.8) is 0 Å². The lowest BCUT2D eigenvalue weighted by molar-refractivity contribution is -0.131. The number of benzene rings is 2. The third-order valence-corrected chi connectivity index (χ3v) is 4.61. The van der Waals surface area contributed by atoms with Gasteiger partial charge in [0.1, 0.15) is 5.82 Å². The average Bonchev–Trinajstić information content (AvgIpc) is 2.61. The highest BCUT2D eigenvalue weighted by atomic mass is 19.1. The maximum atomic E-state index is 13.7. The topological polar surface area (TPSA) is 49.4 Å². The van der Waals surface area contributed by atoms with Crippen molar-refractivity contribution in [1.29, 1.82) is 0 Å². The first-order chi connectivity index (χ1) is 12.0. The van der Waals surface area contributed by atoms with Crippen molar-refractivity contribution in [2.24, 2.45) is 5.92 Å². The first-order valence-electron chi connectivity index (χ1n) is 8.40. The van der Waals surface area contributed by atoms with Gasteiger partial charge in [-0.05, 0) is 30.5 Å². The zero-order chi connectivity index (χ0) is 17.8. The number of carbonyl (C=O) groups is 2. The van der Waals surface area contributed by atoms with Crippen LogP contribution >= 0.6 is 0 Å². The van der Waals surface area contributed by atoms with E-state index in [1.165, 1.54) is 11.0 Å². The third kappa shape index (κ3) is 4.05. The molecule has 0 aliphatic carbocycles. The van der Waals surface area contributed by atoms with E-state index in [1.54, 1.807) is 25.2 Å². The van der Waals surface area contributed by atoms with Crippen LogP contribution in [0.4, 0.5) is 10.1 Å². The fraction of sp³-hybridized carbons (Fsp3) is 0.300. The quantitative estimate of drug-likeness (QED) is 0.907. The van der Waals surface area contributed by atoms with Crippen molar-refractivity contribution in [1.82, 2.24) is 4.90 Å². The normalized spacial score (nSPS) is 16.1. The zero-order valence-electron chi connectivity index (χ0n) is 14.2. The predicted octanol–water partition coefficient (Wildman–Crippen LogP) is 3.38. The summed E-state index contributed by atoms with van der Waals surface area (Å²) in [6, 6.07) is 14.1. The highest BCUT2D eigenvalue weighted by Gasteiger charge is 2.26. The Morgan fingerprint density at radius 1 is 1.20 bits per heavy atom. The number of hydrogen-bond acceptors (Lipinski definition) is 2. The van der Waals surface area contributed by atoms with Crippen molar-refractivity contribution in [2.75, 3.05) is 12.4 Å². The van der Waals surface area contributed by atoms with Crippen LogP contribution in [0.3, 0.4) is 0 Å². The summed E-state index contributed by atoms with van der Waals surface area (Å²) in [6.07, 6.45) is 1.40. The first-order valence-corrected chi connectivity index (χ1v) is 8.40. The molecule has 0 spiro atoms. The highest BCUT2D eigenvalue weighted by Crippen LogP contribution is 2.27. The Morgan fingerprint density at radius 3 is 2.72 bits per heavy atom. The summed E-state index contributed by atoms with van der Waals surface area (Å²) >= 11 is 0. The van der Waals surface area contributed by atoms with Gasteiger partial charge in [-0.3, -0.25) is 9.59 Å². The number of halogens is 1. The minimum absolute atomic E-state index is 0.0387. The molecule has 1 heterocycles. The maximum absolute atomic E-state index is 13.7. The number of para-hydroxylation sites is 1. The zero-order valence-corrected chi connectivity index (χ0v) is 14.2. The van der Waals surface area contributed by atoms with Crippen LogP contribution in [0.2, 0.25) is 0 Å². The molecule has 5 heteroatoms. The van der Waals surface area contributed by atoms with Crippen LogP contribution in [0, 0.1) is 11.7 Å². The van der Waals surface area contributed by atoms with Crippen molar-refractivity contribution >= 4 is 17.5 Å². The van der Waals surface area contributed by atoms with Gasteiger partial charge in [-0.2, -0.15) is 0 Å². The Balaban J connectivity index is 1.55. The SMILES string of the molecule is CN(Cc1ccccc1F)C(=O)CCC1Cc2ccccc2NC1=O. The Bertz CT molecular complexity index is 791. The lowest BCUT2D eigenvalue weighted by atomic mass is 9.89. The molecule has 0 fully saturated rings. The fourth-order valence-corrected chi connectivity index (χ4v) is 3.11. The largest absolute Gasteiger partial charge is 0.341 e. The van der Waals surface area contributed by atoms with Crippen LogP contribution in [0.5, 0.6) is 0 Å². The minimum Gasteiger partial charge on any atom is -0.341 e. The first kappa shape index (κ1) is 17.1. The fourth-order valence-electron chi connectivity index (χ4n) is 3.11. The Labute approximate surface area is 146 Å². The van der Waals surface area contributed by atoms with Gasteiger partial charge in [0.05, 0.1) is 0 Å². The monoisotopic (exact) mass is 340 g/mol. The minimum atomic E-state index is -0.314. The molecule has 0 bridgehead atoms. The summed E-state index contributed by atoms with van der Waals surface area (Å²) in [7, 11) is 1.66. The van der Waals surface area contributed by atoms with E-state index in [0.717, 1.165) is 11.3 Å². The van der Waals surface area contributed by atoms with Crippen molar-refractivity contribution in [2.45, 2.75) is 25.8 Å². The van der Waals surface area contributed by atoms with Gasteiger partial charge in [-0.25, -0.2) is 4.39 Å². The van der Waals surface area contributed by atoms with Crippen molar-refractivity contribution in [3.8, 4) is 0 Å². The number of hydrogen-bond donors (Lipinski definition) is 1. The molecule has 1 unspecified atom stereocenters. The van der Waals surface area contributed by atoms with Gasteiger partial charge in [0, 0.05) is 37.2 Å². The maximum Gasteiger partial charge on any atom is 0.227 e. The van der Waals surface area contributed by atoms with Crippen LogP contribution in [-0.4, -0.2) is 23.8 Å². The summed E-state index contributed by atoms with van der Waals surface area (Å²) < 4.78 is 13.7. The van der Waals surface area contributed by atoms with Crippen LogP contribution in [0.25, 0.3) is 0 Å². The molecule has 2 amide bonds. The van der Waals surface area contributed by atoms with E-state index >= 15 is 0 Å². The van der Waals surface area contributed by atoms with Crippen LogP contribution in [0.15, 0.2) is 48.5 Å². The number of fused-ring (bicyclic) bond motifs is 1. The Morgan fingerprint density at radius 2 is 1.92 bits per heavy atom. The molecule has 2 aromatic rings. The molecule has 2 aromatic carbocycles. The molecular formula is C20H21FN2O2. The molecular weight excluding hydrogens is 319 g/mol. The molecule has 4 nitrogen and oxygen atoms in total. The third-order valence-electron chi connectivity index (χ3n) is 4.61. The smallest absolute Gasteiger partial charge is 0.227 e. The number of amides is 2. The van der Waals surface area contributed by atoms with E-state index in [4.69, 9.17) is 0 Å². The summed E-state index contributed by atoms with van der Waals surface area (Å²) in [5, 5.41) is 2.90. The molecule has 1 aliphatic heterocycles. The number of nitrogens with zero attached hydrogens (tertiary/aromatic N) is 1. The van der Waals surface area contributed by atoms with Crippen LogP contribution in [-0.2, 0) is 22.6 Å². The number of anilines is 1. The van der Waals surface area contributed by atoms with E-state index in [2.05, 4.69) is 5.32 Å². The standard InChI is InChI=1S/C20H21FN2O2/c1-23(13-16-7-2-4-8-17(16)21)19(24)11-10-15-12-14-6-3-5-9-18(14)22-20(15)25/h2-9,15H,10-13H2,1H3,(H,22,25). The van der Waals surface area contributed by atoms with Gasteiger partial charge in [-0.1, -0.05) is 36.4 Å². The number of carbonyl (C=O) groups excluding carboxylic acids is 2. The summed E-state index contributed by atoms with van der Waals surface area (Å²) in [5.74, 6) is -0.649. The molecule has 0 radical (unpaired) electrons. The molecule has 1 atom stereocenters. The van der Waals surface area contributed by atoms with E-state index in [0.29, 0.717) is 18.4 Å². The lowest BCUT2D eigenvalue weighted by Gasteiger charge is -2.25. The molecule has 3 rings (SSSR count). The molecule has 0 saturated heterocycles. The molecule has 1 N–H and O–H groups in total. The van der Waals surface area contributed by atoms with Crippen LogP contribution in [0.1, 0.15) is 24.0 Å². The summed E-state index contributed by atoms with van der Waals surface area (Å²) in [6.45, 7) is 0.227. The van der Waals surface area contributed by atoms with Gasteiger partial charge in [-0.15, -0.1) is 0 Å². The summed E-state index contributed by atoms with van der Waals surface area (Å²) in [5.41, 5.74) is 2.44. The van der Waals surface area contributed by atoms with E-state index in [-0.39, 0.29) is 36.5 Å². The van der Waals surface area contributed by atoms with E-state index in [1.807, 2.05) is 24.3 Å². The predicted molar refractivity (Wildman–Crippen MR) is 94.4 cm³/mol. The second kappa shape index (κ2) is 7.47. The summed E-state index contributed by atoms with van der Waals surface area (Å²) in [4.78, 5) is 26.0. The van der Waals surface area contributed by atoms with Gasteiger partial charge < -0.3 is 10.2 Å². The number of nitrogens with one attached hydrogen (secondary N) is 1. The van der Waals surface area contributed by atoms with E-state index in [9.17, 15) is 14.0 Å². The Kier molecular flexibility index (Phi) is 5.12. The second-order valence-corrected chi connectivity index (χ2v) is 6.43. The molecule has 25 heavy (non-hydrogen) atoms. The van der Waals surface area contributed by atoms with Gasteiger partial charge in [0.25, 0.3) is 0 Å². The van der Waals surface area contributed by atoms with Gasteiger partial charge in [0.15, 0.2) is 0 Å². The molecule has 0 aromatic heterocycles. The molecule has 1 aliphatic rings. The van der Waals surface area contributed by atoms with Gasteiger partial charge >= 0.3 is 0 Å². The number of rotatable bonds is 5.